The van der Waals surface area contributed by atoms with E-state index in [-0.39, 0.29) is 5.54 Å². The van der Waals surface area contributed by atoms with Crippen molar-refractivity contribution in [2.24, 2.45) is 0 Å². The highest BCUT2D eigenvalue weighted by molar-refractivity contribution is 4.90. The highest BCUT2D eigenvalue weighted by Crippen LogP contribution is 2.19. The minimum atomic E-state index is 0.273. The van der Waals surface area contributed by atoms with E-state index in [1.807, 2.05) is 7.05 Å². The molecule has 0 rings (SSSR count). The first-order chi connectivity index (χ1) is 4.99. The normalized spacial score (nSPS) is 19.9. The van der Waals surface area contributed by atoms with Gasteiger partial charge in [-0.05, 0) is 41.4 Å². The average molecular weight is 158 g/mol. The van der Waals surface area contributed by atoms with Gasteiger partial charge in [-0.2, -0.15) is 0 Å². The summed E-state index contributed by atoms with van der Waals surface area (Å²) < 4.78 is 0. The maximum Gasteiger partial charge on any atom is 0.0322 e. The quantitative estimate of drug-likeness (QED) is 0.664. The van der Waals surface area contributed by atoms with Crippen molar-refractivity contribution in [2.75, 3.05) is 21.1 Å². The van der Waals surface area contributed by atoms with Crippen LogP contribution in [0.25, 0.3) is 0 Å². The molecule has 0 bridgehead atoms. The molecule has 2 nitrogen and oxygen atoms in total. The summed E-state index contributed by atoms with van der Waals surface area (Å²) in [5, 5.41) is 3.30. The first kappa shape index (κ1) is 10.9. The Hall–Kier alpha value is -0.0800. The van der Waals surface area contributed by atoms with E-state index >= 15 is 0 Å². The second kappa shape index (κ2) is 4.07. The van der Waals surface area contributed by atoms with Crippen molar-refractivity contribution < 1.29 is 0 Å². The average Bonchev–Trinajstić information content (AvgIpc) is 2.01. The molecule has 0 aromatic rings. The van der Waals surface area contributed by atoms with Crippen LogP contribution < -0.4 is 5.32 Å². The summed E-state index contributed by atoms with van der Waals surface area (Å²) in [6, 6.07) is 0.530. The predicted molar refractivity (Wildman–Crippen MR) is 50.9 cm³/mol. The van der Waals surface area contributed by atoms with Gasteiger partial charge in [0.15, 0.2) is 0 Å². The molecule has 0 radical (unpaired) electrons. The van der Waals surface area contributed by atoms with Crippen LogP contribution in [0.1, 0.15) is 27.2 Å². The first-order valence-electron chi connectivity index (χ1n) is 4.33. The number of nitrogens with one attached hydrogen (secondary N) is 1. The van der Waals surface area contributed by atoms with E-state index in [9.17, 15) is 0 Å². The predicted octanol–water partition coefficient (Wildman–Crippen LogP) is 1.32. The molecule has 11 heavy (non-hydrogen) atoms. The zero-order valence-electron chi connectivity index (χ0n) is 8.73. The molecule has 2 heteroatoms. The van der Waals surface area contributed by atoms with Gasteiger partial charge in [-0.25, -0.2) is 0 Å². The third-order valence-electron chi connectivity index (χ3n) is 3.10. The molecule has 1 N–H and O–H groups in total. The van der Waals surface area contributed by atoms with Crippen LogP contribution in [0.15, 0.2) is 0 Å². The number of hydrogen-bond acceptors (Lipinski definition) is 2. The van der Waals surface area contributed by atoms with Crippen LogP contribution in [0.5, 0.6) is 0 Å². The lowest BCUT2D eigenvalue weighted by molar-refractivity contribution is 0.125. The number of hydrogen-bond donors (Lipinski definition) is 1. The number of rotatable bonds is 4. The third kappa shape index (κ3) is 2.17. The van der Waals surface area contributed by atoms with E-state index < -0.39 is 0 Å². The first-order valence-corrected chi connectivity index (χ1v) is 4.33. The lowest BCUT2D eigenvalue weighted by atomic mass is 9.89. The molecule has 0 aromatic carbocycles. The minimum absolute atomic E-state index is 0.273. The fourth-order valence-corrected chi connectivity index (χ4v) is 1.32. The second-order valence-corrected chi connectivity index (χ2v) is 3.62. The number of nitrogens with zero attached hydrogens (tertiary/aromatic N) is 1. The summed E-state index contributed by atoms with van der Waals surface area (Å²) in [5.74, 6) is 0. The molecule has 0 spiro atoms. The molecule has 68 valence electrons. The van der Waals surface area contributed by atoms with Crippen molar-refractivity contribution >= 4 is 0 Å². The Bertz CT molecular complexity index is 112. The smallest absolute Gasteiger partial charge is 0.0322 e. The SMILES string of the molecule is CCC(C)(C(C)NC)N(C)C. The Labute approximate surface area is 71.0 Å². The monoisotopic (exact) mass is 158 g/mol. The van der Waals surface area contributed by atoms with Crippen molar-refractivity contribution in [2.45, 2.75) is 38.8 Å². The molecular formula is C9H22N2. The topological polar surface area (TPSA) is 15.3 Å². The zero-order chi connectivity index (χ0) is 9.07. The molecule has 0 heterocycles. The maximum atomic E-state index is 3.30. The van der Waals surface area contributed by atoms with E-state index in [0.717, 1.165) is 0 Å². The van der Waals surface area contributed by atoms with E-state index in [2.05, 4.69) is 45.1 Å². The minimum Gasteiger partial charge on any atom is -0.315 e. The maximum absolute atomic E-state index is 3.30. The van der Waals surface area contributed by atoms with Gasteiger partial charge in [0.05, 0.1) is 0 Å². The van der Waals surface area contributed by atoms with E-state index in [0.29, 0.717) is 6.04 Å². The molecule has 2 unspecified atom stereocenters. The molecule has 0 amide bonds. The van der Waals surface area contributed by atoms with Crippen molar-refractivity contribution in [3.8, 4) is 0 Å². The van der Waals surface area contributed by atoms with Gasteiger partial charge in [0.25, 0.3) is 0 Å². The van der Waals surface area contributed by atoms with Crippen LogP contribution >= 0.6 is 0 Å². The summed E-state index contributed by atoms with van der Waals surface area (Å²) in [4.78, 5) is 2.29. The summed E-state index contributed by atoms with van der Waals surface area (Å²) in [7, 11) is 6.29. The fourth-order valence-electron chi connectivity index (χ4n) is 1.32. The van der Waals surface area contributed by atoms with Crippen LogP contribution in [0.4, 0.5) is 0 Å². The van der Waals surface area contributed by atoms with Crippen LogP contribution in [0, 0.1) is 0 Å². The van der Waals surface area contributed by atoms with Crippen molar-refractivity contribution in [1.82, 2.24) is 10.2 Å². The lowest BCUT2D eigenvalue weighted by Crippen LogP contribution is -2.54. The number of likely N-dealkylation sites (N-methyl/N-ethyl adjacent to an activating group) is 2. The van der Waals surface area contributed by atoms with Gasteiger partial charge in [0, 0.05) is 11.6 Å². The largest absolute Gasteiger partial charge is 0.315 e. The summed E-state index contributed by atoms with van der Waals surface area (Å²) >= 11 is 0. The molecule has 0 aliphatic heterocycles. The van der Waals surface area contributed by atoms with Crippen molar-refractivity contribution in [3.63, 3.8) is 0 Å². The van der Waals surface area contributed by atoms with Gasteiger partial charge < -0.3 is 10.2 Å². The van der Waals surface area contributed by atoms with Gasteiger partial charge in [-0.1, -0.05) is 6.92 Å². The summed E-state index contributed by atoms with van der Waals surface area (Å²) in [6.45, 7) is 6.74. The second-order valence-electron chi connectivity index (χ2n) is 3.62. The van der Waals surface area contributed by atoms with E-state index in [4.69, 9.17) is 0 Å². The van der Waals surface area contributed by atoms with E-state index in [1.165, 1.54) is 6.42 Å². The summed E-state index contributed by atoms with van der Waals surface area (Å²) in [6.07, 6.45) is 1.17. The summed E-state index contributed by atoms with van der Waals surface area (Å²) in [5.41, 5.74) is 0.273. The molecule has 0 aromatic heterocycles. The van der Waals surface area contributed by atoms with Crippen molar-refractivity contribution in [1.29, 1.82) is 0 Å². The molecule has 0 fully saturated rings. The van der Waals surface area contributed by atoms with Crippen molar-refractivity contribution in [3.05, 3.63) is 0 Å². The Morgan fingerprint density at radius 2 is 1.91 bits per heavy atom. The van der Waals surface area contributed by atoms with Gasteiger partial charge in [0.1, 0.15) is 0 Å². The molecule has 0 aliphatic rings. The Morgan fingerprint density at radius 1 is 1.45 bits per heavy atom. The van der Waals surface area contributed by atoms with Gasteiger partial charge in [-0.3, -0.25) is 0 Å². The fraction of sp³-hybridized carbons (Fsp3) is 1.00. The molecule has 2 atom stereocenters. The van der Waals surface area contributed by atoms with Gasteiger partial charge >= 0.3 is 0 Å². The Kier molecular flexibility index (Phi) is 4.04. The highest BCUT2D eigenvalue weighted by atomic mass is 15.2. The third-order valence-corrected chi connectivity index (χ3v) is 3.10. The molecule has 0 saturated heterocycles. The van der Waals surface area contributed by atoms with Crippen LogP contribution in [-0.2, 0) is 0 Å². The van der Waals surface area contributed by atoms with Crippen LogP contribution in [0.3, 0.4) is 0 Å². The molecular weight excluding hydrogens is 136 g/mol. The highest BCUT2D eigenvalue weighted by Gasteiger charge is 2.30. The Morgan fingerprint density at radius 3 is 2.00 bits per heavy atom. The lowest BCUT2D eigenvalue weighted by Gasteiger charge is -2.40. The standard InChI is InChI=1S/C9H22N2/c1-7-9(3,11(5)6)8(2)10-4/h8,10H,7H2,1-6H3. The van der Waals surface area contributed by atoms with Gasteiger partial charge in [0.2, 0.25) is 0 Å². The van der Waals surface area contributed by atoms with Gasteiger partial charge in [-0.15, -0.1) is 0 Å². The molecule has 0 saturated carbocycles. The zero-order valence-corrected chi connectivity index (χ0v) is 8.73. The van der Waals surface area contributed by atoms with E-state index in [1.54, 1.807) is 0 Å². The Balaban J connectivity index is 4.32. The molecule has 0 aliphatic carbocycles. The van der Waals surface area contributed by atoms with Crippen LogP contribution in [0.2, 0.25) is 0 Å². The van der Waals surface area contributed by atoms with Crippen LogP contribution in [-0.4, -0.2) is 37.6 Å².